The highest BCUT2D eigenvalue weighted by atomic mass is 19.1. The van der Waals surface area contributed by atoms with Gasteiger partial charge in [-0.2, -0.15) is 5.10 Å². The van der Waals surface area contributed by atoms with Gasteiger partial charge in [-0.25, -0.2) is 4.39 Å². The summed E-state index contributed by atoms with van der Waals surface area (Å²) >= 11 is 0. The van der Waals surface area contributed by atoms with Gasteiger partial charge in [-0.1, -0.05) is 13.0 Å². The van der Waals surface area contributed by atoms with E-state index in [-0.39, 0.29) is 11.9 Å². The van der Waals surface area contributed by atoms with Gasteiger partial charge >= 0.3 is 0 Å². The molecule has 20 heavy (non-hydrogen) atoms. The summed E-state index contributed by atoms with van der Waals surface area (Å²) in [4.78, 5) is 0. The van der Waals surface area contributed by atoms with Crippen LogP contribution < -0.4 is 11.3 Å². The van der Waals surface area contributed by atoms with Crippen molar-refractivity contribution in [3.8, 4) is 0 Å². The smallest absolute Gasteiger partial charge is 0.123 e. The van der Waals surface area contributed by atoms with E-state index in [1.54, 1.807) is 0 Å². The fraction of sp³-hybridized carbons (Fsp3) is 0.400. The molecule has 0 bridgehead atoms. The third-order valence-corrected chi connectivity index (χ3v) is 3.47. The van der Waals surface area contributed by atoms with Crippen LogP contribution in [0.25, 0.3) is 0 Å². The quantitative estimate of drug-likeness (QED) is 0.650. The van der Waals surface area contributed by atoms with Gasteiger partial charge in [0.2, 0.25) is 0 Å². The highest BCUT2D eigenvalue weighted by Gasteiger charge is 2.15. The van der Waals surface area contributed by atoms with E-state index in [9.17, 15) is 4.39 Å². The summed E-state index contributed by atoms with van der Waals surface area (Å²) in [6.45, 7) is 3.94. The fourth-order valence-corrected chi connectivity index (χ4v) is 2.38. The molecule has 1 aromatic carbocycles. The van der Waals surface area contributed by atoms with Gasteiger partial charge in [-0.05, 0) is 42.7 Å². The second-order valence-electron chi connectivity index (χ2n) is 5.09. The number of benzene rings is 1. The molecule has 0 saturated carbocycles. The summed E-state index contributed by atoms with van der Waals surface area (Å²) in [6.07, 6.45) is 1.57. The summed E-state index contributed by atoms with van der Waals surface area (Å²) in [5.41, 5.74) is 6.63. The molecule has 3 N–H and O–H groups in total. The lowest BCUT2D eigenvalue weighted by atomic mass is 10.00. The van der Waals surface area contributed by atoms with E-state index >= 15 is 0 Å². The number of hydrogen-bond donors (Lipinski definition) is 2. The maximum absolute atomic E-state index is 13.5. The summed E-state index contributed by atoms with van der Waals surface area (Å²) in [5.74, 6) is 5.40. The SMILES string of the molecule is CCc1cc(CC(NN)c2cc(C)cc(F)c2)n(C)n1. The van der Waals surface area contributed by atoms with Gasteiger partial charge in [0.05, 0.1) is 11.7 Å². The van der Waals surface area contributed by atoms with E-state index < -0.39 is 0 Å². The molecule has 0 spiro atoms. The van der Waals surface area contributed by atoms with Gasteiger partial charge in [0.1, 0.15) is 5.82 Å². The summed E-state index contributed by atoms with van der Waals surface area (Å²) < 4.78 is 15.4. The van der Waals surface area contributed by atoms with Crippen molar-refractivity contribution in [3.05, 3.63) is 52.6 Å². The van der Waals surface area contributed by atoms with Crippen LogP contribution >= 0.6 is 0 Å². The van der Waals surface area contributed by atoms with Crippen LogP contribution in [-0.2, 0) is 19.9 Å². The number of nitrogens with one attached hydrogen (secondary N) is 1. The number of halogens is 1. The third kappa shape index (κ3) is 3.23. The van der Waals surface area contributed by atoms with Gasteiger partial charge < -0.3 is 0 Å². The van der Waals surface area contributed by atoms with Gasteiger partial charge in [-0.15, -0.1) is 0 Å². The number of aryl methyl sites for hydroxylation is 3. The van der Waals surface area contributed by atoms with Gasteiger partial charge in [0.15, 0.2) is 0 Å². The number of hydrogen-bond acceptors (Lipinski definition) is 3. The largest absolute Gasteiger partial charge is 0.272 e. The van der Waals surface area contributed by atoms with Crippen molar-refractivity contribution >= 4 is 0 Å². The Morgan fingerprint density at radius 1 is 1.35 bits per heavy atom. The van der Waals surface area contributed by atoms with Crippen molar-refractivity contribution in [2.75, 3.05) is 0 Å². The van der Waals surface area contributed by atoms with Crippen molar-refractivity contribution < 1.29 is 4.39 Å². The van der Waals surface area contributed by atoms with Crippen LogP contribution in [0.2, 0.25) is 0 Å². The number of aromatic nitrogens is 2. The molecule has 0 radical (unpaired) electrons. The molecule has 2 aromatic rings. The van der Waals surface area contributed by atoms with Crippen LogP contribution in [0.5, 0.6) is 0 Å². The second-order valence-corrected chi connectivity index (χ2v) is 5.09. The zero-order valence-corrected chi connectivity index (χ0v) is 12.2. The molecule has 1 heterocycles. The molecule has 0 amide bonds. The van der Waals surface area contributed by atoms with E-state index in [2.05, 4.69) is 23.5 Å². The molecule has 0 saturated heterocycles. The average Bonchev–Trinajstić information content (AvgIpc) is 2.75. The van der Waals surface area contributed by atoms with Crippen LogP contribution in [0.15, 0.2) is 24.3 Å². The first-order valence-electron chi connectivity index (χ1n) is 6.78. The van der Waals surface area contributed by atoms with E-state index in [0.717, 1.165) is 28.9 Å². The number of hydrazine groups is 1. The van der Waals surface area contributed by atoms with Crippen molar-refractivity contribution in [3.63, 3.8) is 0 Å². The standard InChI is InChI=1S/C15H21FN4/c1-4-13-8-14(20(3)19-13)9-15(18-17)11-5-10(2)6-12(16)7-11/h5-8,15,18H,4,9,17H2,1-3H3. The Kier molecular flexibility index (Phi) is 4.52. The zero-order chi connectivity index (χ0) is 14.7. The summed E-state index contributed by atoms with van der Waals surface area (Å²) in [7, 11) is 1.92. The molecule has 0 aliphatic rings. The zero-order valence-electron chi connectivity index (χ0n) is 12.2. The van der Waals surface area contributed by atoms with E-state index in [1.165, 1.54) is 12.1 Å². The molecule has 1 aromatic heterocycles. The fourth-order valence-electron chi connectivity index (χ4n) is 2.38. The third-order valence-electron chi connectivity index (χ3n) is 3.47. The Labute approximate surface area is 118 Å². The Balaban J connectivity index is 2.25. The minimum Gasteiger partial charge on any atom is -0.272 e. The Hall–Kier alpha value is -1.72. The Morgan fingerprint density at radius 3 is 2.65 bits per heavy atom. The second kappa shape index (κ2) is 6.15. The molecular weight excluding hydrogens is 255 g/mol. The van der Waals surface area contributed by atoms with Crippen molar-refractivity contribution in [2.24, 2.45) is 12.9 Å². The highest BCUT2D eigenvalue weighted by molar-refractivity contribution is 5.27. The molecule has 1 unspecified atom stereocenters. The van der Waals surface area contributed by atoms with Crippen molar-refractivity contribution in [1.29, 1.82) is 0 Å². The lowest BCUT2D eigenvalue weighted by Gasteiger charge is -2.17. The lowest BCUT2D eigenvalue weighted by molar-refractivity contribution is 0.524. The van der Waals surface area contributed by atoms with Crippen LogP contribution in [0.1, 0.15) is 35.5 Å². The first kappa shape index (κ1) is 14.7. The molecule has 0 fully saturated rings. The molecule has 2 rings (SSSR count). The van der Waals surface area contributed by atoms with E-state index in [1.807, 2.05) is 24.7 Å². The van der Waals surface area contributed by atoms with Crippen LogP contribution in [0.3, 0.4) is 0 Å². The van der Waals surface area contributed by atoms with Crippen LogP contribution in [-0.4, -0.2) is 9.78 Å². The van der Waals surface area contributed by atoms with Crippen LogP contribution in [0, 0.1) is 12.7 Å². The minimum absolute atomic E-state index is 0.135. The lowest BCUT2D eigenvalue weighted by Crippen LogP contribution is -2.30. The topological polar surface area (TPSA) is 55.9 Å². The molecule has 0 aliphatic heterocycles. The molecule has 5 heteroatoms. The van der Waals surface area contributed by atoms with Crippen molar-refractivity contribution in [1.82, 2.24) is 15.2 Å². The van der Waals surface area contributed by atoms with Gasteiger partial charge in [-0.3, -0.25) is 16.0 Å². The Bertz CT molecular complexity index is 571. The number of nitrogens with zero attached hydrogens (tertiary/aromatic N) is 2. The van der Waals surface area contributed by atoms with Crippen LogP contribution in [0.4, 0.5) is 4.39 Å². The molecule has 1 atom stereocenters. The normalized spacial score (nSPS) is 12.7. The first-order chi connectivity index (χ1) is 9.53. The predicted molar refractivity (Wildman–Crippen MR) is 77.5 cm³/mol. The number of nitrogens with two attached hydrogens (primary N) is 1. The average molecular weight is 276 g/mol. The van der Waals surface area contributed by atoms with Crippen molar-refractivity contribution in [2.45, 2.75) is 32.7 Å². The van der Waals surface area contributed by atoms with E-state index in [4.69, 9.17) is 5.84 Å². The molecule has 0 aliphatic carbocycles. The highest BCUT2D eigenvalue weighted by Crippen LogP contribution is 2.20. The maximum atomic E-state index is 13.5. The minimum atomic E-state index is -0.237. The molecular formula is C15H21FN4. The van der Waals surface area contributed by atoms with E-state index in [0.29, 0.717) is 6.42 Å². The summed E-state index contributed by atoms with van der Waals surface area (Å²) in [5, 5.41) is 4.42. The monoisotopic (exact) mass is 276 g/mol. The van der Waals surface area contributed by atoms with Gasteiger partial charge in [0.25, 0.3) is 0 Å². The predicted octanol–water partition coefficient (Wildman–Crippen LogP) is 2.18. The number of rotatable bonds is 5. The molecule has 4 nitrogen and oxygen atoms in total. The summed E-state index contributed by atoms with van der Waals surface area (Å²) in [6, 6.07) is 6.91. The Morgan fingerprint density at radius 2 is 2.10 bits per heavy atom. The molecule has 108 valence electrons. The first-order valence-corrected chi connectivity index (χ1v) is 6.78. The maximum Gasteiger partial charge on any atom is 0.123 e. The van der Waals surface area contributed by atoms with Gasteiger partial charge in [0, 0.05) is 19.2 Å².